The summed E-state index contributed by atoms with van der Waals surface area (Å²) < 4.78 is 12.1. The maximum atomic E-state index is 12.6. The van der Waals surface area contributed by atoms with Gasteiger partial charge in [0.15, 0.2) is 0 Å². The first kappa shape index (κ1) is 14.7. The molecule has 22 heavy (non-hydrogen) atoms. The minimum absolute atomic E-state index is 0.145. The predicted molar refractivity (Wildman–Crippen MR) is 85.2 cm³/mol. The molecular weight excluding hydrogens is 298 g/mol. The second-order valence-electron chi connectivity index (χ2n) is 6.94. The third-order valence-corrected chi connectivity index (χ3v) is 5.72. The van der Waals surface area contributed by atoms with Crippen LogP contribution in [0, 0.1) is 5.92 Å². The van der Waals surface area contributed by atoms with Gasteiger partial charge in [-0.3, -0.25) is 4.79 Å². The molecule has 1 saturated carbocycles. The van der Waals surface area contributed by atoms with Gasteiger partial charge in [-0.15, -0.1) is 0 Å². The highest BCUT2D eigenvalue weighted by Gasteiger charge is 2.45. The Kier molecular flexibility index (Phi) is 3.96. The van der Waals surface area contributed by atoms with Crippen LogP contribution in [0.2, 0.25) is 0 Å². The van der Waals surface area contributed by atoms with Gasteiger partial charge in [0, 0.05) is 25.0 Å². The highest BCUT2D eigenvalue weighted by Crippen LogP contribution is 2.37. The molecular formula is C17H23NO3S. The lowest BCUT2D eigenvalue weighted by Gasteiger charge is -2.39. The first-order valence-electron chi connectivity index (χ1n) is 8.31. The Morgan fingerprint density at radius 2 is 2.41 bits per heavy atom. The van der Waals surface area contributed by atoms with Crippen LogP contribution in [0.15, 0.2) is 16.8 Å². The van der Waals surface area contributed by atoms with Gasteiger partial charge in [-0.2, -0.15) is 11.3 Å². The standard InChI is InChI=1S/C17H23NO3S/c19-16(14-4-7-22-11-14)18-6-1-5-17(12-18)8-15(10-21-17)20-9-13-2-3-13/h4,7,11,13,15H,1-3,5-6,8-10,12H2. The Labute approximate surface area is 135 Å². The van der Waals surface area contributed by atoms with Crippen molar-refractivity contribution in [2.75, 3.05) is 26.3 Å². The van der Waals surface area contributed by atoms with Gasteiger partial charge in [-0.05, 0) is 43.0 Å². The molecule has 1 spiro atoms. The summed E-state index contributed by atoms with van der Waals surface area (Å²) in [6, 6.07) is 1.91. The van der Waals surface area contributed by atoms with E-state index in [2.05, 4.69) is 0 Å². The summed E-state index contributed by atoms with van der Waals surface area (Å²) in [5.74, 6) is 0.936. The highest BCUT2D eigenvalue weighted by atomic mass is 32.1. The van der Waals surface area contributed by atoms with Crippen LogP contribution in [-0.4, -0.2) is 48.8 Å². The number of likely N-dealkylation sites (tertiary alicyclic amines) is 1. The van der Waals surface area contributed by atoms with Crippen molar-refractivity contribution in [1.82, 2.24) is 4.90 Å². The van der Waals surface area contributed by atoms with Crippen LogP contribution in [0.5, 0.6) is 0 Å². The van der Waals surface area contributed by atoms with Crippen molar-refractivity contribution < 1.29 is 14.3 Å². The fraction of sp³-hybridized carbons (Fsp3) is 0.706. The van der Waals surface area contributed by atoms with E-state index in [0.717, 1.165) is 43.9 Å². The molecule has 120 valence electrons. The molecule has 2 saturated heterocycles. The van der Waals surface area contributed by atoms with Crippen LogP contribution < -0.4 is 0 Å². The maximum absolute atomic E-state index is 12.6. The van der Waals surface area contributed by atoms with Crippen LogP contribution in [0.1, 0.15) is 42.5 Å². The number of thiophene rings is 1. The second kappa shape index (κ2) is 5.95. The first-order chi connectivity index (χ1) is 10.7. The fourth-order valence-corrected chi connectivity index (χ4v) is 4.22. The van der Waals surface area contributed by atoms with E-state index in [4.69, 9.17) is 9.47 Å². The molecule has 0 bridgehead atoms. The Morgan fingerprint density at radius 3 is 3.18 bits per heavy atom. The molecule has 0 aromatic carbocycles. The van der Waals surface area contributed by atoms with Gasteiger partial charge in [-0.25, -0.2) is 0 Å². The summed E-state index contributed by atoms with van der Waals surface area (Å²) in [4.78, 5) is 14.5. The molecule has 3 heterocycles. The van der Waals surface area contributed by atoms with Crippen LogP contribution in [0.25, 0.3) is 0 Å². The quantitative estimate of drug-likeness (QED) is 0.856. The van der Waals surface area contributed by atoms with Gasteiger partial charge >= 0.3 is 0 Å². The molecule has 2 atom stereocenters. The van der Waals surface area contributed by atoms with E-state index in [1.807, 2.05) is 21.7 Å². The minimum atomic E-state index is -0.169. The van der Waals surface area contributed by atoms with Crippen molar-refractivity contribution in [3.63, 3.8) is 0 Å². The third-order valence-electron chi connectivity index (χ3n) is 5.03. The summed E-state index contributed by atoms with van der Waals surface area (Å²) in [6.45, 7) is 3.13. The molecule has 1 aromatic heterocycles. The number of rotatable bonds is 4. The third kappa shape index (κ3) is 3.07. The minimum Gasteiger partial charge on any atom is -0.375 e. The number of carbonyl (C=O) groups is 1. The molecule has 4 rings (SSSR count). The van der Waals surface area contributed by atoms with Gasteiger partial charge in [-0.1, -0.05) is 0 Å². The zero-order valence-electron chi connectivity index (χ0n) is 12.8. The molecule has 1 amide bonds. The SMILES string of the molecule is O=C(c1ccsc1)N1CCCC2(CC(OCC3CC3)CO2)C1. The summed E-state index contributed by atoms with van der Waals surface area (Å²) in [5, 5.41) is 3.89. The molecule has 3 fully saturated rings. The topological polar surface area (TPSA) is 38.8 Å². The zero-order chi connectivity index (χ0) is 15.0. The number of piperidine rings is 1. The smallest absolute Gasteiger partial charge is 0.254 e. The van der Waals surface area contributed by atoms with Crippen LogP contribution >= 0.6 is 11.3 Å². The first-order valence-corrected chi connectivity index (χ1v) is 9.25. The monoisotopic (exact) mass is 321 g/mol. The molecule has 2 aliphatic heterocycles. The van der Waals surface area contributed by atoms with Crippen molar-refractivity contribution in [3.05, 3.63) is 22.4 Å². The van der Waals surface area contributed by atoms with Gasteiger partial charge in [0.05, 0.1) is 30.4 Å². The van der Waals surface area contributed by atoms with E-state index in [1.165, 1.54) is 12.8 Å². The largest absolute Gasteiger partial charge is 0.375 e. The van der Waals surface area contributed by atoms with Gasteiger partial charge in [0.2, 0.25) is 0 Å². The maximum Gasteiger partial charge on any atom is 0.254 e. The number of nitrogens with zero attached hydrogens (tertiary/aromatic N) is 1. The fourth-order valence-electron chi connectivity index (χ4n) is 3.59. The Morgan fingerprint density at radius 1 is 1.50 bits per heavy atom. The normalized spacial score (nSPS) is 31.8. The van der Waals surface area contributed by atoms with E-state index in [1.54, 1.807) is 11.3 Å². The summed E-state index contributed by atoms with van der Waals surface area (Å²) in [7, 11) is 0. The van der Waals surface area contributed by atoms with Crippen molar-refractivity contribution in [1.29, 1.82) is 0 Å². The number of ether oxygens (including phenoxy) is 2. The Hall–Kier alpha value is -0.910. The number of hydrogen-bond acceptors (Lipinski definition) is 4. The molecule has 1 aliphatic carbocycles. The van der Waals surface area contributed by atoms with Crippen LogP contribution in [0.4, 0.5) is 0 Å². The van der Waals surface area contributed by atoms with Gasteiger partial charge in [0.1, 0.15) is 0 Å². The zero-order valence-corrected chi connectivity index (χ0v) is 13.6. The summed E-state index contributed by atoms with van der Waals surface area (Å²) >= 11 is 1.57. The molecule has 0 radical (unpaired) electrons. The van der Waals surface area contributed by atoms with E-state index < -0.39 is 0 Å². The summed E-state index contributed by atoms with van der Waals surface area (Å²) in [6.07, 6.45) is 5.86. The lowest BCUT2D eigenvalue weighted by atomic mass is 9.89. The molecule has 2 unspecified atom stereocenters. The molecule has 4 nitrogen and oxygen atoms in total. The summed E-state index contributed by atoms with van der Waals surface area (Å²) in [5.41, 5.74) is 0.639. The van der Waals surface area contributed by atoms with Gasteiger partial charge < -0.3 is 14.4 Å². The average molecular weight is 321 g/mol. The molecule has 5 heteroatoms. The van der Waals surface area contributed by atoms with Crippen molar-refractivity contribution >= 4 is 17.2 Å². The van der Waals surface area contributed by atoms with E-state index in [9.17, 15) is 4.79 Å². The van der Waals surface area contributed by atoms with Crippen LogP contribution in [-0.2, 0) is 9.47 Å². The van der Waals surface area contributed by atoms with Crippen molar-refractivity contribution in [3.8, 4) is 0 Å². The highest BCUT2D eigenvalue weighted by molar-refractivity contribution is 7.08. The molecule has 3 aliphatic rings. The average Bonchev–Trinajstić information content (AvgIpc) is 3.05. The Balaban J connectivity index is 1.37. The number of amides is 1. The lowest BCUT2D eigenvalue weighted by molar-refractivity contribution is -0.0464. The molecule has 0 N–H and O–H groups in total. The number of carbonyl (C=O) groups excluding carboxylic acids is 1. The second-order valence-corrected chi connectivity index (χ2v) is 7.72. The van der Waals surface area contributed by atoms with E-state index in [-0.39, 0.29) is 17.6 Å². The van der Waals surface area contributed by atoms with Gasteiger partial charge in [0.25, 0.3) is 5.91 Å². The van der Waals surface area contributed by atoms with Crippen LogP contribution in [0.3, 0.4) is 0 Å². The lowest BCUT2D eigenvalue weighted by Crippen LogP contribution is -2.50. The van der Waals surface area contributed by atoms with E-state index in [0.29, 0.717) is 13.2 Å². The van der Waals surface area contributed by atoms with Crippen molar-refractivity contribution in [2.45, 2.75) is 43.8 Å². The Bertz CT molecular complexity index is 528. The number of hydrogen-bond donors (Lipinski definition) is 0. The molecule has 1 aromatic rings. The van der Waals surface area contributed by atoms with E-state index >= 15 is 0 Å². The predicted octanol–water partition coefficient (Wildman–Crippen LogP) is 2.94. The van der Waals surface area contributed by atoms with Crippen molar-refractivity contribution in [2.24, 2.45) is 5.92 Å².